The first kappa shape index (κ1) is 17.6. The lowest BCUT2D eigenvalue weighted by Crippen LogP contribution is -2.32. The summed E-state index contributed by atoms with van der Waals surface area (Å²) in [6.45, 7) is 5.46. The Kier molecular flexibility index (Phi) is 4.61. The Balaban J connectivity index is 1.56. The van der Waals surface area contributed by atoms with Crippen molar-refractivity contribution in [3.05, 3.63) is 52.8 Å². The Hall–Kier alpha value is -2.80. The van der Waals surface area contributed by atoms with Gasteiger partial charge in [0.2, 0.25) is 5.88 Å². The third-order valence-corrected chi connectivity index (χ3v) is 4.71. The maximum Gasteiger partial charge on any atom is 0.279 e. The normalized spacial score (nSPS) is 16.5. The van der Waals surface area contributed by atoms with Gasteiger partial charge in [0.05, 0.1) is 18.5 Å². The molecule has 0 amide bonds. The Morgan fingerprint density at radius 3 is 2.59 bits per heavy atom. The van der Waals surface area contributed by atoms with Crippen LogP contribution in [0.15, 0.2) is 41.5 Å². The molecule has 1 fully saturated rings. The molecule has 4 rings (SSSR count). The first-order chi connectivity index (χ1) is 13.0. The molecule has 0 N–H and O–H groups in total. The van der Waals surface area contributed by atoms with Crippen LogP contribution < -0.4 is 15.0 Å². The lowest BCUT2D eigenvalue weighted by atomic mass is 10.2. The van der Waals surface area contributed by atoms with Crippen LogP contribution in [0.5, 0.6) is 17.4 Å². The lowest BCUT2D eigenvalue weighted by Gasteiger charge is -2.26. The Bertz CT molecular complexity index is 1000. The van der Waals surface area contributed by atoms with Crippen molar-refractivity contribution >= 4 is 5.52 Å². The van der Waals surface area contributed by atoms with Crippen LogP contribution in [0.3, 0.4) is 0 Å². The molecule has 1 aliphatic heterocycles. The van der Waals surface area contributed by atoms with Gasteiger partial charge in [-0.15, -0.1) is 0 Å². The predicted octanol–water partition coefficient (Wildman–Crippen LogP) is 3.12. The molecule has 0 saturated carbocycles. The van der Waals surface area contributed by atoms with Crippen molar-refractivity contribution in [3.8, 4) is 17.4 Å². The summed E-state index contributed by atoms with van der Waals surface area (Å²) in [4.78, 5) is 17.0. The van der Waals surface area contributed by atoms with Gasteiger partial charge in [0.25, 0.3) is 5.56 Å². The first-order valence-corrected chi connectivity index (χ1v) is 9.12. The van der Waals surface area contributed by atoms with Crippen molar-refractivity contribution in [1.29, 1.82) is 0 Å². The highest BCUT2D eigenvalue weighted by atomic mass is 16.5. The van der Waals surface area contributed by atoms with Gasteiger partial charge < -0.3 is 14.2 Å². The highest BCUT2D eigenvalue weighted by molar-refractivity contribution is 5.46. The molecule has 2 aromatic heterocycles. The van der Waals surface area contributed by atoms with Gasteiger partial charge in [0.1, 0.15) is 29.4 Å². The van der Waals surface area contributed by atoms with Crippen LogP contribution >= 0.6 is 0 Å². The van der Waals surface area contributed by atoms with E-state index < -0.39 is 0 Å². The minimum absolute atomic E-state index is 0.146. The van der Waals surface area contributed by atoms with Crippen molar-refractivity contribution in [2.75, 3.05) is 13.2 Å². The molecule has 1 atom stereocenters. The van der Waals surface area contributed by atoms with Crippen LogP contribution in [0.4, 0.5) is 0 Å². The zero-order valence-corrected chi connectivity index (χ0v) is 15.7. The molecule has 0 aliphatic carbocycles. The van der Waals surface area contributed by atoms with E-state index >= 15 is 0 Å². The summed E-state index contributed by atoms with van der Waals surface area (Å²) in [6.07, 6.45) is 4.66. The molecule has 27 heavy (non-hydrogen) atoms. The van der Waals surface area contributed by atoms with Crippen LogP contribution in [0.2, 0.25) is 0 Å². The van der Waals surface area contributed by atoms with Gasteiger partial charge in [-0.1, -0.05) is 13.8 Å². The van der Waals surface area contributed by atoms with Gasteiger partial charge in [-0.25, -0.2) is 4.98 Å². The second-order valence-corrected chi connectivity index (χ2v) is 7.02. The summed E-state index contributed by atoms with van der Waals surface area (Å²) in [5, 5.41) is 0. The maximum absolute atomic E-state index is 12.6. The number of nitrogens with zero attached hydrogens (tertiary/aromatic N) is 3. The monoisotopic (exact) mass is 369 g/mol. The second kappa shape index (κ2) is 7.08. The van der Waals surface area contributed by atoms with Crippen LogP contribution in [-0.4, -0.2) is 33.3 Å². The molecular weight excluding hydrogens is 346 g/mol. The molecule has 1 aliphatic rings. The fourth-order valence-electron chi connectivity index (χ4n) is 2.99. The number of aromatic nitrogens is 3. The van der Waals surface area contributed by atoms with E-state index in [0.717, 1.165) is 24.6 Å². The van der Waals surface area contributed by atoms with E-state index in [4.69, 9.17) is 14.2 Å². The SMILES string of the molecule is CC(C)c1ncc2c(=O)n(C)c(Oc3ccc(OC[C@H]4CCO4)cc3)cn12. The van der Waals surface area contributed by atoms with Gasteiger partial charge >= 0.3 is 0 Å². The standard InChI is InChI=1S/C20H23N3O4/c1-13(2)19-21-10-17-20(24)22(3)18(11-23(17)19)27-15-6-4-14(5-7-15)26-12-16-8-9-25-16/h4-7,10-11,13,16H,8-9,12H2,1-3H3/t16-/m1/s1. The van der Waals surface area contributed by atoms with Gasteiger partial charge in [-0.05, 0) is 24.3 Å². The quantitative estimate of drug-likeness (QED) is 0.668. The molecule has 1 saturated heterocycles. The molecule has 0 radical (unpaired) electrons. The molecule has 7 nitrogen and oxygen atoms in total. The number of ether oxygens (including phenoxy) is 3. The number of hydrogen-bond acceptors (Lipinski definition) is 5. The van der Waals surface area contributed by atoms with E-state index in [1.807, 2.05) is 38.1 Å². The summed E-state index contributed by atoms with van der Waals surface area (Å²) >= 11 is 0. The molecule has 142 valence electrons. The van der Waals surface area contributed by atoms with Gasteiger partial charge in [0.15, 0.2) is 0 Å². The largest absolute Gasteiger partial charge is 0.491 e. The molecule has 3 aromatic rings. The van der Waals surface area contributed by atoms with E-state index in [1.54, 1.807) is 23.8 Å². The van der Waals surface area contributed by atoms with Crippen LogP contribution in [0.25, 0.3) is 5.52 Å². The topological polar surface area (TPSA) is 67.0 Å². The maximum atomic E-state index is 12.6. The van der Waals surface area contributed by atoms with Crippen LogP contribution in [0, 0.1) is 0 Å². The molecule has 7 heteroatoms. The number of rotatable bonds is 6. The van der Waals surface area contributed by atoms with Crippen molar-refractivity contribution in [2.24, 2.45) is 7.05 Å². The fourth-order valence-corrected chi connectivity index (χ4v) is 2.99. The van der Waals surface area contributed by atoms with Crippen molar-refractivity contribution in [1.82, 2.24) is 14.0 Å². The summed E-state index contributed by atoms with van der Waals surface area (Å²) in [5.41, 5.74) is 0.392. The number of imidazole rings is 1. The zero-order chi connectivity index (χ0) is 19.0. The number of hydrogen-bond donors (Lipinski definition) is 0. The predicted molar refractivity (Wildman–Crippen MR) is 101 cm³/mol. The Labute approximate surface area is 157 Å². The fraction of sp³-hybridized carbons (Fsp3) is 0.400. The van der Waals surface area contributed by atoms with Gasteiger partial charge in [-0.3, -0.25) is 13.8 Å². The highest BCUT2D eigenvalue weighted by Crippen LogP contribution is 2.25. The molecule has 0 bridgehead atoms. The minimum atomic E-state index is -0.146. The van der Waals surface area contributed by atoms with Crippen LogP contribution in [-0.2, 0) is 11.8 Å². The van der Waals surface area contributed by atoms with Gasteiger partial charge in [0, 0.05) is 26.0 Å². The molecular formula is C20H23N3O4. The van der Waals surface area contributed by atoms with E-state index in [0.29, 0.717) is 23.8 Å². The molecule has 1 aromatic carbocycles. The van der Waals surface area contributed by atoms with E-state index in [1.165, 1.54) is 4.57 Å². The molecule has 3 heterocycles. The van der Waals surface area contributed by atoms with Crippen molar-refractivity contribution in [3.63, 3.8) is 0 Å². The molecule has 0 spiro atoms. The third kappa shape index (κ3) is 3.42. The zero-order valence-electron chi connectivity index (χ0n) is 15.7. The third-order valence-electron chi connectivity index (χ3n) is 4.71. The summed E-state index contributed by atoms with van der Waals surface area (Å²) < 4.78 is 20.3. The van der Waals surface area contributed by atoms with E-state index in [9.17, 15) is 4.79 Å². The highest BCUT2D eigenvalue weighted by Gasteiger charge is 2.18. The average molecular weight is 369 g/mol. The summed E-state index contributed by atoms with van der Waals surface area (Å²) in [7, 11) is 1.69. The van der Waals surface area contributed by atoms with Crippen molar-refractivity contribution < 1.29 is 14.2 Å². The average Bonchev–Trinajstić information content (AvgIpc) is 3.03. The Morgan fingerprint density at radius 1 is 1.26 bits per heavy atom. The Morgan fingerprint density at radius 2 is 1.96 bits per heavy atom. The first-order valence-electron chi connectivity index (χ1n) is 9.12. The lowest BCUT2D eigenvalue weighted by molar-refractivity contribution is -0.0720. The minimum Gasteiger partial charge on any atom is -0.491 e. The molecule has 0 unspecified atom stereocenters. The summed E-state index contributed by atoms with van der Waals surface area (Å²) in [5.74, 6) is 2.86. The number of benzene rings is 1. The summed E-state index contributed by atoms with van der Waals surface area (Å²) in [6, 6.07) is 7.34. The van der Waals surface area contributed by atoms with Gasteiger partial charge in [-0.2, -0.15) is 0 Å². The van der Waals surface area contributed by atoms with Crippen molar-refractivity contribution in [2.45, 2.75) is 32.3 Å². The van der Waals surface area contributed by atoms with E-state index in [-0.39, 0.29) is 17.6 Å². The van der Waals surface area contributed by atoms with E-state index in [2.05, 4.69) is 4.98 Å². The number of fused-ring (bicyclic) bond motifs is 1. The smallest absolute Gasteiger partial charge is 0.279 e. The second-order valence-electron chi connectivity index (χ2n) is 7.02. The van der Waals surface area contributed by atoms with Crippen LogP contribution in [0.1, 0.15) is 32.0 Å².